The maximum Gasteiger partial charge on any atom is 0.308 e. The quantitative estimate of drug-likeness (QED) is 0.361. The minimum Gasteiger partial charge on any atom is -0.465 e. The number of esters is 1. The molecule has 1 aliphatic rings. The smallest absolute Gasteiger partial charge is 0.308 e. The van der Waals surface area contributed by atoms with Crippen LogP contribution in [0.2, 0.25) is 0 Å². The molecule has 1 fully saturated rings. The predicted molar refractivity (Wildman–Crippen MR) is 114 cm³/mol. The van der Waals surface area contributed by atoms with Gasteiger partial charge in [-0.15, -0.1) is 0 Å². The minimum absolute atomic E-state index is 0.119. The van der Waals surface area contributed by atoms with E-state index in [2.05, 4.69) is 17.6 Å². The fourth-order valence-corrected chi connectivity index (χ4v) is 3.43. The second kappa shape index (κ2) is 12.2. The van der Waals surface area contributed by atoms with Crippen LogP contribution in [0.5, 0.6) is 0 Å². The standard InChI is InChI=1S/C21H29N3O4S/c1-2-3-5-10-18(25)23-21(29)24-13-12-22-20(27)17(24)15-19(26)28-14-11-16-8-6-4-7-9-16/h4,6-9,17H,2-3,5,10-15H2,1H3,(H,22,27)(H,23,25,29). The van der Waals surface area contributed by atoms with Crippen molar-refractivity contribution in [2.75, 3.05) is 19.7 Å². The normalized spacial score (nSPS) is 16.1. The molecule has 0 saturated carbocycles. The van der Waals surface area contributed by atoms with Crippen molar-refractivity contribution in [3.05, 3.63) is 35.9 Å². The van der Waals surface area contributed by atoms with Gasteiger partial charge in [-0.2, -0.15) is 0 Å². The molecule has 1 aromatic rings. The summed E-state index contributed by atoms with van der Waals surface area (Å²) in [5, 5.41) is 5.61. The topological polar surface area (TPSA) is 87.7 Å². The largest absolute Gasteiger partial charge is 0.465 e. The molecule has 0 bridgehead atoms. The van der Waals surface area contributed by atoms with E-state index in [0.717, 1.165) is 24.8 Å². The van der Waals surface area contributed by atoms with Gasteiger partial charge in [0.2, 0.25) is 11.8 Å². The molecule has 29 heavy (non-hydrogen) atoms. The summed E-state index contributed by atoms with van der Waals surface area (Å²) in [6.07, 6.45) is 3.68. The van der Waals surface area contributed by atoms with E-state index in [1.165, 1.54) is 0 Å². The Morgan fingerprint density at radius 3 is 2.76 bits per heavy atom. The highest BCUT2D eigenvalue weighted by Gasteiger charge is 2.34. The first-order chi connectivity index (χ1) is 14.0. The van der Waals surface area contributed by atoms with Gasteiger partial charge < -0.3 is 20.3 Å². The van der Waals surface area contributed by atoms with Crippen molar-refractivity contribution < 1.29 is 19.1 Å². The molecule has 1 unspecified atom stereocenters. The molecule has 1 atom stereocenters. The Balaban J connectivity index is 1.84. The fraction of sp³-hybridized carbons (Fsp3) is 0.524. The number of unbranched alkanes of at least 4 members (excludes halogenated alkanes) is 2. The first kappa shape index (κ1) is 22.8. The minimum atomic E-state index is -0.781. The van der Waals surface area contributed by atoms with Gasteiger partial charge in [-0.1, -0.05) is 50.1 Å². The Hall–Kier alpha value is -2.48. The van der Waals surface area contributed by atoms with Gasteiger partial charge in [-0.05, 0) is 24.2 Å². The average Bonchev–Trinajstić information content (AvgIpc) is 2.70. The summed E-state index contributed by atoms with van der Waals surface area (Å²) in [6, 6.07) is 8.93. The zero-order chi connectivity index (χ0) is 21.1. The van der Waals surface area contributed by atoms with Gasteiger partial charge in [0, 0.05) is 25.9 Å². The Kier molecular flexibility index (Phi) is 9.56. The summed E-state index contributed by atoms with van der Waals surface area (Å²) in [7, 11) is 0. The molecule has 2 rings (SSSR count). The van der Waals surface area contributed by atoms with E-state index < -0.39 is 12.0 Å². The van der Waals surface area contributed by atoms with Crippen LogP contribution in [0.3, 0.4) is 0 Å². The average molecular weight is 420 g/mol. The first-order valence-electron chi connectivity index (χ1n) is 10.1. The van der Waals surface area contributed by atoms with Crippen molar-refractivity contribution in [3.63, 3.8) is 0 Å². The monoisotopic (exact) mass is 419 g/mol. The van der Waals surface area contributed by atoms with Crippen molar-refractivity contribution in [2.24, 2.45) is 0 Å². The van der Waals surface area contributed by atoms with Crippen molar-refractivity contribution in [2.45, 2.75) is 51.5 Å². The van der Waals surface area contributed by atoms with Gasteiger partial charge in [0.25, 0.3) is 0 Å². The van der Waals surface area contributed by atoms with E-state index in [0.29, 0.717) is 25.9 Å². The third-order valence-corrected chi connectivity index (χ3v) is 5.04. The Labute approximate surface area is 177 Å². The molecular weight excluding hydrogens is 390 g/mol. The van der Waals surface area contributed by atoms with Crippen LogP contribution in [-0.4, -0.2) is 53.5 Å². The number of thiocarbonyl (C=S) groups is 1. The zero-order valence-corrected chi connectivity index (χ0v) is 17.6. The van der Waals surface area contributed by atoms with Gasteiger partial charge >= 0.3 is 5.97 Å². The van der Waals surface area contributed by atoms with Crippen LogP contribution in [0.1, 0.15) is 44.6 Å². The van der Waals surface area contributed by atoms with E-state index in [4.69, 9.17) is 17.0 Å². The van der Waals surface area contributed by atoms with Crippen LogP contribution >= 0.6 is 12.2 Å². The Bertz CT molecular complexity index is 711. The van der Waals surface area contributed by atoms with Gasteiger partial charge in [0.05, 0.1) is 13.0 Å². The summed E-state index contributed by atoms with van der Waals surface area (Å²) < 4.78 is 5.30. The number of nitrogens with one attached hydrogen (secondary N) is 2. The summed E-state index contributed by atoms with van der Waals surface area (Å²) in [6.45, 7) is 3.15. The number of rotatable bonds is 9. The first-order valence-corrected chi connectivity index (χ1v) is 10.5. The highest BCUT2D eigenvalue weighted by Crippen LogP contribution is 2.11. The lowest BCUT2D eigenvalue weighted by Gasteiger charge is -2.36. The highest BCUT2D eigenvalue weighted by molar-refractivity contribution is 7.80. The Morgan fingerprint density at radius 1 is 1.28 bits per heavy atom. The van der Waals surface area contributed by atoms with Crippen LogP contribution in [0, 0.1) is 0 Å². The molecule has 2 N–H and O–H groups in total. The summed E-state index contributed by atoms with van der Waals surface area (Å²) >= 11 is 5.33. The van der Waals surface area contributed by atoms with Crippen molar-refractivity contribution in [1.82, 2.24) is 15.5 Å². The predicted octanol–water partition coefficient (Wildman–Crippen LogP) is 1.94. The Morgan fingerprint density at radius 2 is 2.03 bits per heavy atom. The maximum atomic E-state index is 12.3. The number of piperazine rings is 1. The number of hydrogen-bond donors (Lipinski definition) is 2. The van der Waals surface area contributed by atoms with Gasteiger partial charge in [0.1, 0.15) is 6.04 Å². The molecule has 1 aliphatic heterocycles. The molecule has 2 amide bonds. The SMILES string of the molecule is CCCCCC(=O)NC(=S)N1CCNC(=O)C1CC(=O)OCCc1ccccc1. The van der Waals surface area contributed by atoms with E-state index in [1.54, 1.807) is 4.90 Å². The highest BCUT2D eigenvalue weighted by atomic mass is 32.1. The molecule has 8 heteroatoms. The number of amides is 2. The zero-order valence-electron chi connectivity index (χ0n) is 16.8. The van der Waals surface area contributed by atoms with Crippen molar-refractivity contribution in [3.8, 4) is 0 Å². The third-order valence-electron chi connectivity index (χ3n) is 4.70. The van der Waals surface area contributed by atoms with E-state index in [9.17, 15) is 14.4 Å². The summed E-state index contributed by atoms with van der Waals surface area (Å²) in [5.41, 5.74) is 1.07. The van der Waals surface area contributed by atoms with Gasteiger partial charge in [-0.3, -0.25) is 14.4 Å². The van der Waals surface area contributed by atoms with Gasteiger partial charge in [-0.25, -0.2) is 0 Å². The van der Waals surface area contributed by atoms with Crippen molar-refractivity contribution in [1.29, 1.82) is 0 Å². The fourth-order valence-electron chi connectivity index (χ4n) is 3.09. The molecule has 0 spiro atoms. The van der Waals surface area contributed by atoms with Crippen LogP contribution < -0.4 is 10.6 Å². The van der Waals surface area contributed by atoms with Gasteiger partial charge in [0.15, 0.2) is 5.11 Å². The van der Waals surface area contributed by atoms with Crippen LogP contribution in [0.4, 0.5) is 0 Å². The molecule has 1 saturated heterocycles. The number of carbonyl (C=O) groups excluding carboxylic acids is 3. The second-order valence-electron chi connectivity index (χ2n) is 6.97. The molecule has 0 aliphatic carbocycles. The number of nitrogens with zero attached hydrogens (tertiary/aromatic N) is 1. The molecule has 0 radical (unpaired) electrons. The van der Waals surface area contributed by atoms with Crippen LogP contribution in [0.25, 0.3) is 0 Å². The van der Waals surface area contributed by atoms with E-state index in [1.807, 2.05) is 30.3 Å². The number of benzene rings is 1. The number of ether oxygens (including phenoxy) is 1. The van der Waals surface area contributed by atoms with Crippen LogP contribution in [0.15, 0.2) is 30.3 Å². The molecule has 158 valence electrons. The third kappa shape index (κ3) is 7.81. The summed E-state index contributed by atoms with van der Waals surface area (Å²) in [4.78, 5) is 38.2. The molecule has 1 aromatic carbocycles. The lowest BCUT2D eigenvalue weighted by molar-refractivity contribution is -0.147. The lowest BCUT2D eigenvalue weighted by Crippen LogP contribution is -2.60. The molecular formula is C21H29N3O4S. The molecule has 0 aromatic heterocycles. The summed E-state index contributed by atoms with van der Waals surface area (Å²) in [5.74, 6) is -0.928. The number of carbonyl (C=O) groups is 3. The van der Waals surface area contributed by atoms with Crippen LogP contribution in [-0.2, 0) is 25.5 Å². The molecule has 7 nitrogen and oxygen atoms in total. The van der Waals surface area contributed by atoms with Crippen molar-refractivity contribution >= 4 is 35.1 Å². The maximum absolute atomic E-state index is 12.3. The number of hydrogen-bond acceptors (Lipinski definition) is 5. The molecule has 1 heterocycles. The van der Waals surface area contributed by atoms with E-state index in [-0.39, 0.29) is 30.0 Å². The second-order valence-corrected chi connectivity index (χ2v) is 7.36. The van der Waals surface area contributed by atoms with E-state index >= 15 is 0 Å². The lowest BCUT2D eigenvalue weighted by atomic mass is 10.1.